The molecule has 0 aliphatic heterocycles. The Morgan fingerprint density at radius 1 is 1.41 bits per heavy atom. The molecule has 5 nitrogen and oxygen atoms in total. The summed E-state index contributed by atoms with van der Waals surface area (Å²) in [4.78, 5) is 4.20. The fourth-order valence-corrected chi connectivity index (χ4v) is 2.61. The number of anilines is 1. The van der Waals surface area contributed by atoms with Crippen LogP contribution in [-0.4, -0.2) is 24.7 Å². The highest BCUT2D eigenvalue weighted by Crippen LogP contribution is 2.24. The molecule has 0 aliphatic rings. The van der Waals surface area contributed by atoms with Gasteiger partial charge in [0.25, 0.3) is 0 Å². The zero-order chi connectivity index (χ0) is 15.3. The summed E-state index contributed by atoms with van der Waals surface area (Å²) in [6, 6.07) is 9.30. The Morgan fingerprint density at radius 3 is 2.77 bits per heavy atom. The predicted octanol–water partition coefficient (Wildman–Crippen LogP) is 3.01. The first-order chi connectivity index (χ1) is 10.0. The molecule has 22 heavy (non-hydrogen) atoms. The standard InChI is InChI=1S/C15H19N3O2S.HI/c1-15(19,11-7-8-21-9-11)10-17-14(16)18-12-5-3-4-6-13(12)20-2;/h3-9,19H,10H2,1-2H3,(H3,16,17,18);1H. The third-order valence-electron chi connectivity index (χ3n) is 3.07. The minimum atomic E-state index is -1.03. The molecule has 0 fully saturated rings. The van der Waals surface area contributed by atoms with Crippen LogP contribution in [0, 0.1) is 0 Å². The first-order valence-corrected chi connectivity index (χ1v) is 7.42. The van der Waals surface area contributed by atoms with Crippen molar-refractivity contribution in [3.63, 3.8) is 0 Å². The molecule has 120 valence electrons. The van der Waals surface area contributed by atoms with Crippen LogP contribution in [-0.2, 0) is 5.60 Å². The van der Waals surface area contributed by atoms with Gasteiger partial charge in [0.1, 0.15) is 11.4 Å². The van der Waals surface area contributed by atoms with Crippen molar-refractivity contribution >= 4 is 47.0 Å². The van der Waals surface area contributed by atoms with Gasteiger partial charge >= 0.3 is 0 Å². The van der Waals surface area contributed by atoms with E-state index in [4.69, 9.17) is 10.5 Å². The maximum absolute atomic E-state index is 10.4. The topological polar surface area (TPSA) is 79.9 Å². The van der Waals surface area contributed by atoms with Gasteiger partial charge in [-0.25, -0.2) is 4.99 Å². The molecule has 2 aromatic rings. The van der Waals surface area contributed by atoms with E-state index in [1.807, 2.05) is 41.1 Å². The van der Waals surface area contributed by atoms with Crippen molar-refractivity contribution in [1.82, 2.24) is 0 Å². The Hall–Kier alpha value is -1.32. The summed E-state index contributed by atoms with van der Waals surface area (Å²) in [6.45, 7) is 1.90. The number of thiophene rings is 1. The summed E-state index contributed by atoms with van der Waals surface area (Å²) in [7, 11) is 1.59. The molecule has 4 N–H and O–H groups in total. The lowest BCUT2D eigenvalue weighted by atomic mass is 10.00. The third kappa shape index (κ3) is 4.85. The molecule has 0 saturated carbocycles. The molecule has 0 saturated heterocycles. The van der Waals surface area contributed by atoms with Gasteiger partial charge in [-0.05, 0) is 41.4 Å². The zero-order valence-corrected chi connectivity index (χ0v) is 15.6. The molecule has 0 bridgehead atoms. The van der Waals surface area contributed by atoms with Crippen LogP contribution in [0.1, 0.15) is 12.5 Å². The fraction of sp³-hybridized carbons (Fsp3) is 0.267. The maximum Gasteiger partial charge on any atom is 0.193 e. The van der Waals surface area contributed by atoms with Crippen molar-refractivity contribution in [2.45, 2.75) is 12.5 Å². The number of aliphatic hydroxyl groups is 1. The highest BCUT2D eigenvalue weighted by atomic mass is 127. The smallest absolute Gasteiger partial charge is 0.193 e. The zero-order valence-electron chi connectivity index (χ0n) is 12.4. The average Bonchev–Trinajstić information content (AvgIpc) is 3.01. The number of halogens is 1. The van der Waals surface area contributed by atoms with E-state index in [1.165, 1.54) is 11.3 Å². The maximum atomic E-state index is 10.4. The first kappa shape index (κ1) is 18.7. The highest BCUT2D eigenvalue weighted by Gasteiger charge is 2.23. The average molecular weight is 433 g/mol. The lowest BCUT2D eigenvalue weighted by Gasteiger charge is -2.20. The van der Waals surface area contributed by atoms with Crippen molar-refractivity contribution in [3.05, 3.63) is 46.7 Å². The van der Waals surface area contributed by atoms with Gasteiger partial charge in [-0.15, -0.1) is 24.0 Å². The van der Waals surface area contributed by atoms with Gasteiger partial charge in [-0.2, -0.15) is 11.3 Å². The molecule has 0 radical (unpaired) electrons. The molecule has 7 heteroatoms. The number of benzene rings is 1. The second-order valence-electron chi connectivity index (χ2n) is 4.81. The van der Waals surface area contributed by atoms with Gasteiger partial charge in [-0.1, -0.05) is 12.1 Å². The Kier molecular flexibility index (Phi) is 7.11. The molecule has 1 aromatic heterocycles. The number of rotatable bonds is 5. The van der Waals surface area contributed by atoms with Gasteiger partial charge in [-0.3, -0.25) is 0 Å². The van der Waals surface area contributed by atoms with Crippen molar-refractivity contribution in [1.29, 1.82) is 0 Å². The largest absolute Gasteiger partial charge is 0.495 e. The molecule has 1 aromatic carbocycles. The number of hydrogen-bond donors (Lipinski definition) is 3. The molecular formula is C15H20IN3O2S. The lowest BCUT2D eigenvalue weighted by Crippen LogP contribution is -2.29. The Balaban J connectivity index is 0.00000242. The lowest BCUT2D eigenvalue weighted by molar-refractivity contribution is 0.0678. The second kappa shape index (κ2) is 8.35. The highest BCUT2D eigenvalue weighted by molar-refractivity contribution is 14.0. The van der Waals surface area contributed by atoms with Crippen LogP contribution in [0.2, 0.25) is 0 Å². The molecule has 0 spiro atoms. The molecular weight excluding hydrogens is 413 g/mol. The third-order valence-corrected chi connectivity index (χ3v) is 3.75. The molecule has 1 heterocycles. The summed E-state index contributed by atoms with van der Waals surface area (Å²) in [6.07, 6.45) is 0. The predicted molar refractivity (Wildman–Crippen MR) is 102 cm³/mol. The normalized spacial score (nSPS) is 13.9. The molecule has 1 atom stereocenters. The molecule has 0 aliphatic carbocycles. The van der Waals surface area contributed by atoms with E-state index in [0.29, 0.717) is 5.75 Å². The summed E-state index contributed by atoms with van der Waals surface area (Å²) < 4.78 is 5.23. The van der Waals surface area contributed by atoms with Crippen molar-refractivity contribution in [3.8, 4) is 5.75 Å². The van der Waals surface area contributed by atoms with Crippen LogP contribution in [0.25, 0.3) is 0 Å². The van der Waals surface area contributed by atoms with Crippen molar-refractivity contribution in [2.75, 3.05) is 19.0 Å². The van der Waals surface area contributed by atoms with Gasteiger partial charge in [0.2, 0.25) is 0 Å². The Bertz CT molecular complexity index is 615. The first-order valence-electron chi connectivity index (χ1n) is 6.48. The van der Waals surface area contributed by atoms with E-state index in [0.717, 1.165) is 11.3 Å². The second-order valence-corrected chi connectivity index (χ2v) is 5.59. The number of methoxy groups -OCH3 is 1. The minimum absolute atomic E-state index is 0. The van der Waals surface area contributed by atoms with E-state index >= 15 is 0 Å². The van der Waals surface area contributed by atoms with Crippen LogP contribution in [0.4, 0.5) is 5.69 Å². The van der Waals surface area contributed by atoms with Crippen LogP contribution in [0.15, 0.2) is 46.1 Å². The van der Waals surface area contributed by atoms with E-state index in [9.17, 15) is 5.11 Å². The number of nitrogens with one attached hydrogen (secondary N) is 1. The van der Waals surface area contributed by atoms with E-state index in [2.05, 4.69) is 10.3 Å². The van der Waals surface area contributed by atoms with Crippen LogP contribution >= 0.6 is 35.3 Å². The summed E-state index contributed by atoms with van der Waals surface area (Å²) in [5.41, 5.74) is 6.40. The van der Waals surface area contributed by atoms with Crippen molar-refractivity contribution in [2.24, 2.45) is 10.7 Å². The summed E-state index contributed by atoms with van der Waals surface area (Å²) in [5, 5.41) is 17.2. The van der Waals surface area contributed by atoms with E-state index < -0.39 is 5.60 Å². The summed E-state index contributed by atoms with van der Waals surface area (Å²) >= 11 is 1.54. The number of guanidine groups is 1. The van der Waals surface area contributed by atoms with Crippen molar-refractivity contribution < 1.29 is 9.84 Å². The molecule has 0 amide bonds. The number of nitrogens with two attached hydrogens (primary N) is 1. The number of nitrogens with zero attached hydrogens (tertiary/aromatic N) is 1. The molecule has 1 unspecified atom stereocenters. The van der Waals surface area contributed by atoms with Crippen LogP contribution < -0.4 is 15.8 Å². The van der Waals surface area contributed by atoms with E-state index in [1.54, 1.807) is 14.0 Å². The Labute approximate surface area is 151 Å². The number of hydrogen-bond acceptors (Lipinski definition) is 4. The van der Waals surface area contributed by atoms with Crippen LogP contribution in [0.3, 0.4) is 0 Å². The van der Waals surface area contributed by atoms with E-state index in [-0.39, 0.29) is 36.5 Å². The van der Waals surface area contributed by atoms with Gasteiger partial charge in [0, 0.05) is 0 Å². The SMILES string of the molecule is COc1ccccc1NC(N)=NCC(C)(O)c1ccsc1.I. The number of aliphatic imine (C=N–C) groups is 1. The number of ether oxygens (including phenoxy) is 1. The van der Waals surface area contributed by atoms with Gasteiger partial charge in [0.15, 0.2) is 5.96 Å². The minimum Gasteiger partial charge on any atom is -0.495 e. The quantitative estimate of drug-likeness (QED) is 0.385. The monoisotopic (exact) mass is 433 g/mol. The van der Waals surface area contributed by atoms with Gasteiger partial charge in [0.05, 0.1) is 19.3 Å². The van der Waals surface area contributed by atoms with Crippen LogP contribution in [0.5, 0.6) is 5.75 Å². The molecule has 2 rings (SSSR count). The number of para-hydroxylation sites is 2. The summed E-state index contributed by atoms with van der Waals surface area (Å²) in [5.74, 6) is 0.912. The Morgan fingerprint density at radius 2 is 2.14 bits per heavy atom. The fourth-order valence-electron chi connectivity index (χ4n) is 1.83. The van der Waals surface area contributed by atoms with Gasteiger partial charge < -0.3 is 20.9 Å².